The molecule has 0 aromatic carbocycles. The number of amides is 1. The van der Waals surface area contributed by atoms with Gasteiger partial charge in [0, 0.05) is 25.2 Å². The maximum Gasteiger partial charge on any atom is 0.322 e. The Morgan fingerprint density at radius 3 is 2.74 bits per heavy atom. The van der Waals surface area contributed by atoms with Gasteiger partial charge in [-0.1, -0.05) is 12.0 Å². The summed E-state index contributed by atoms with van der Waals surface area (Å²) in [6.45, 7) is 3.63. The van der Waals surface area contributed by atoms with Crippen LogP contribution in [0.3, 0.4) is 0 Å². The van der Waals surface area contributed by atoms with Crippen molar-refractivity contribution in [1.82, 2.24) is 15.2 Å². The Labute approximate surface area is 110 Å². The molecule has 0 saturated carbocycles. The molecule has 0 aliphatic carbocycles. The van der Waals surface area contributed by atoms with Crippen molar-refractivity contribution in [2.45, 2.75) is 20.3 Å². The molecule has 0 atom stereocenters. The van der Waals surface area contributed by atoms with Gasteiger partial charge in [-0.05, 0) is 18.6 Å². The first kappa shape index (κ1) is 13.0. The zero-order valence-corrected chi connectivity index (χ0v) is 11.0. The Morgan fingerprint density at radius 2 is 2.16 bits per heavy atom. The lowest BCUT2D eigenvalue weighted by Gasteiger charge is -2.06. The van der Waals surface area contributed by atoms with Crippen molar-refractivity contribution in [2.24, 2.45) is 0 Å². The summed E-state index contributed by atoms with van der Waals surface area (Å²) in [5.74, 6) is 0.735. The standard InChI is InChI=1S/C12H15N5O2/c1-4-9-5-8(6-10(13-3)14-9)11(18)15-12-17-16-7(2)19-12/h5-6H,4H2,1-3H3,(H,13,14)(H,15,17,18). The van der Waals surface area contributed by atoms with Crippen molar-refractivity contribution < 1.29 is 9.21 Å². The predicted molar refractivity (Wildman–Crippen MR) is 70.1 cm³/mol. The van der Waals surface area contributed by atoms with Crippen molar-refractivity contribution in [1.29, 1.82) is 0 Å². The molecule has 2 aromatic heterocycles. The average molecular weight is 261 g/mol. The largest absolute Gasteiger partial charge is 0.408 e. The van der Waals surface area contributed by atoms with E-state index in [-0.39, 0.29) is 11.9 Å². The van der Waals surface area contributed by atoms with Gasteiger partial charge in [-0.3, -0.25) is 10.1 Å². The molecule has 0 spiro atoms. The van der Waals surface area contributed by atoms with Crippen LogP contribution in [-0.2, 0) is 6.42 Å². The Morgan fingerprint density at radius 1 is 1.37 bits per heavy atom. The molecule has 7 nitrogen and oxygen atoms in total. The van der Waals surface area contributed by atoms with Crippen LogP contribution in [0, 0.1) is 6.92 Å². The zero-order valence-electron chi connectivity index (χ0n) is 11.0. The second-order valence-corrected chi connectivity index (χ2v) is 3.92. The maximum absolute atomic E-state index is 12.1. The molecule has 0 aliphatic heterocycles. The molecular formula is C12H15N5O2. The third-order valence-electron chi connectivity index (χ3n) is 2.51. The lowest BCUT2D eigenvalue weighted by atomic mass is 10.2. The zero-order chi connectivity index (χ0) is 13.8. The fourth-order valence-corrected chi connectivity index (χ4v) is 1.54. The average Bonchev–Trinajstić information content (AvgIpc) is 2.83. The van der Waals surface area contributed by atoms with Gasteiger partial charge in [0.05, 0.1) is 0 Å². The predicted octanol–water partition coefficient (Wildman–Crippen LogP) is 1.63. The number of hydrogen-bond donors (Lipinski definition) is 2. The monoisotopic (exact) mass is 261 g/mol. The van der Waals surface area contributed by atoms with E-state index in [1.54, 1.807) is 26.1 Å². The smallest absolute Gasteiger partial charge is 0.322 e. The minimum atomic E-state index is -0.308. The molecular weight excluding hydrogens is 246 g/mol. The number of carbonyl (C=O) groups is 1. The summed E-state index contributed by atoms with van der Waals surface area (Å²) < 4.78 is 5.10. The van der Waals surface area contributed by atoms with Crippen molar-refractivity contribution in [3.05, 3.63) is 29.3 Å². The first-order valence-electron chi connectivity index (χ1n) is 5.92. The van der Waals surface area contributed by atoms with E-state index in [1.165, 1.54) is 0 Å². The highest BCUT2D eigenvalue weighted by atomic mass is 16.4. The van der Waals surface area contributed by atoms with Gasteiger partial charge in [0.2, 0.25) is 5.89 Å². The van der Waals surface area contributed by atoms with Crippen LogP contribution in [0.4, 0.5) is 11.8 Å². The third-order valence-corrected chi connectivity index (χ3v) is 2.51. The number of aryl methyl sites for hydroxylation is 2. The van der Waals surface area contributed by atoms with Gasteiger partial charge in [0.25, 0.3) is 5.91 Å². The quantitative estimate of drug-likeness (QED) is 0.868. The molecule has 19 heavy (non-hydrogen) atoms. The number of aromatic nitrogens is 3. The Hall–Kier alpha value is -2.44. The second kappa shape index (κ2) is 5.47. The summed E-state index contributed by atoms with van der Waals surface area (Å²) in [5, 5.41) is 12.8. The van der Waals surface area contributed by atoms with E-state index >= 15 is 0 Å². The lowest BCUT2D eigenvalue weighted by Crippen LogP contribution is -2.13. The normalized spacial score (nSPS) is 10.3. The van der Waals surface area contributed by atoms with Crippen molar-refractivity contribution >= 4 is 17.7 Å². The lowest BCUT2D eigenvalue weighted by molar-refractivity contribution is 0.102. The molecule has 7 heteroatoms. The minimum absolute atomic E-state index is 0.0865. The number of pyridine rings is 1. The van der Waals surface area contributed by atoms with Crippen LogP contribution >= 0.6 is 0 Å². The fourth-order valence-electron chi connectivity index (χ4n) is 1.54. The van der Waals surface area contributed by atoms with Gasteiger partial charge >= 0.3 is 6.01 Å². The summed E-state index contributed by atoms with van der Waals surface area (Å²) in [7, 11) is 1.75. The number of anilines is 2. The molecule has 2 aromatic rings. The van der Waals surface area contributed by atoms with Crippen LogP contribution in [0.2, 0.25) is 0 Å². The molecule has 0 aliphatic rings. The van der Waals surface area contributed by atoms with Crippen LogP contribution in [0.1, 0.15) is 28.9 Å². The third kappa shape index (κ3) is 3.06. The molecule has 0 saturated heterocycles. The van der Waals surface area contributed by atoms with E-state index in [4.69, 9.17) is 4.42 Å². The van der Waals surface area contributed by atoms with Crippen LogP contribution in [-0.4, -0.2) is 28.1 Å². The highest BCUT2D eigenvalue weighted by molar-refractivity contribution is 6.03. The molecule has 0 radical (unpaired) electrons. The van der Waals surface area contributed by atoms with E-state index in [9.17, 15) is 4.79 Å². The Bertz CT molecular complexity index is 571. The number of hydrogen-bond acceptors (Lipinski definition) is 6. The highest BCUT2D eigenvalue weighted by Crippen LogP contribution is 2.13. The molecule has 0 fully saturated rings. The van der Waals surface area contributed by atoms with Gasteiger partial charge < -0.3 is 9.73 Å². The fraction of sp³-hybridized carbons (Fsp3) is 0.333. The highest BCUT2D eigenvalue weighted by Gasteiger charge is 2.12. The van der Waals surface area contributed by atoms with E-state index in [1.807, 2.05) is 6.92 Å². The van der Waals surface area contributed by atoms with Gasteiger partial charge in [-0.2, -0.15) is 0 Å². The topological polar surface area (TPSA) is 92.9 Å². The van der Waals surface area contributed by atoms with E-state index in [2.05, 4.69) is 25.8 Å². The van der Waals surface area contributed by atoms with Crippen molar-refractivity contribution in [2.75, 3.05) is 17.7 Å². The SMILES string of the molecule is CCc1cc(C(=O)Nc2nnc(C)o2)cc(NC)n1. The number of carbonyl (C=O) groups excluding carboxylic acids is 1. The summed E-state index contributed by atoms with van der Waals surface area (Å²) in [4.78, 5) is 16.4. The van der Waals surface area contributed by atoms with Gasteiger partial charge in [-0.15, -0.1) is 5.10 Å². The van der Waals surface area contributed by atoms with Crippen molar-refractivity contribution in [3.63, 3.8) is 0 Å². The van der Waals surface area contributed by atoms with E-state index < -0.39 is 0 Å². The first-order chi connectivity index (χ1) is 9.12. The van der Waals surface area contributed by atoms with Gasteiger partial charge in [0.1, 0.15) is 5.82 Å². The van der Waals surface area contributed by atoms with E-state index in [0.29, 0.717) is 17.3 Å². The molecule has 0 unspecified atom stereocenters. The second-order valence-electron chi connectivity index (χ2n) is 3.92. The summed E-state index contributed by atoms with van der Waals surface area (Å²) in [6.07, 6.45) is 0.746. The van der Waals surface area contributed by atoms with Crippen LogP contribution in [0.5, 0.6) is 0 Å². The molecule has 2 heterocycles. The number of rotatable bonds is 4. The minimum Gasteiger partial charge on any atom is -0.408 e. The van der Waals surface area contributed by atoms with Crippen LogP contribution in [0.15, 0.2) is 16.5 Å². The van der Waals surface area contributed by atoms with E-state index in [0.717, 1.165) is 12.1 Å². The summed E-state index contributed by atoms with van der Waals surface area (Å²) in [5.41, 5.74) is 1.32. The molecule has 100 valence electrons. The Kier molecular flexibility index (Phi) is 3.74. The summed E-state index contributed by atoms with van der Waals surface area (Å²) in [6, 6.07) is 3.49. The molecule has 2 rings (SSSR count). The van der Waals surface area contributed by atoms with Crippen LogP contribution in [0.25, 0.3) is 0 Å². The van der Waals surface area contributed by atoms with Crippen molar-refractivity contribution in [3.8, 4) is 0 Å². The Balaban J connectivity index is 2.22. The van der Waals surface area contributed by atoms with Crippen LogP contribution < -0.4 is 10.6 Å². The maximum atomic E-state index is 12.1. The van der Waals surface area contributed by atoms with Gasteiger partial charge in [-0.25, -0.2) is 4.98 Å². The molecule has 1 amide bonds. The van der Waals surface area contributed by atoms with Gasteiger partial charge in [0.15, 0.2) is 0 Å². The number of nitrogens with zero attached hydrogens (tertiary/aromatic N) is 3. The molecule has 2 N–H and O–H groups in total. The molecule has 0 bridgehead atoms. The first-order valence-corrected chi connectivity index (χ1v) is 5.92. The summed E-state index contributed by atoms with van der Waals surface area (Å²) >= 11 is 0. The number of nitrogens with one attached hydrogen (secondary N) is 2.